The van der Waals surface area contributed by atoms with E-state index in [1.54, 1.807) is 18.3 Å². The Kier molecular flexibility index (Phi) is 11.0. The number of nitrogens with zero attached hydrogens (tertiary/aromatic N) is 1. The van der Waals surface area contributed by atoms with Crippen molar-refractivity contribution in [1.29, 1.82) is 0 Å². The Hall–Kier alpha value is -1.69. The molecule has 210 valence electrons. The van der Waals surface area contributed by atoms with Crippen LogP contribution >= 0.6 is 11.3 Å². The standard InChI is InChI=1S/C27H44N2O7S/c1-15(24(33)17(3)25(34)26(5,6)21(30)13-23(31)32)9-8-10-27(7)22(36-27)12-20(29-35)16(2)11-19-14-37-18(4)28-19/h11,14-15,17,20-22,24,29-30,33,35H,8-10,12-13H2,1-7H3,(H,31,32)/b16-11+/t15-,17+,20-,21-,22-,24-,27+/m0/s1. The number of hydrogen-bond donors (Lipinski definition) is 5. The molecule has 0 radical (unpaired) electrons. The molecule has 0 unspecified atom stereocenters. The van der Waals surface area contributed by atoms with Gasteiger partial charge in [-0.1, -0.05) is 39.7 Å². The van der Waals surface area contributed by atoms with Gasteiger partial charge in [-0.2, -0.15) is 5.48 Å². The molecule has 0 aromatic carbocycles. The lowest BCUT2D eigenvalue weighted by molar-refractivity contribution is -0.147. The number of hydroxylamine groups is 1. The lowest BCUT2D eigenvalue weighted by Gasteiger charge is -2.34. The summed E-state index contributed by atoms with van der Waals surface area (Å²) >= 11 is 1.58. The molecule has 2 heterocycles. The predicted octanol–water partition coefficient (Wildman–Crippen LogP) is 3.98. The second kappa shape index (κ2) is 12.9. The number of carbonyl (C=O) groups is 2. The number of nitrogens with one attached hydrogen (secondary N) is 1. The smallest absolute Gasteiger partial charge is 0.306 e. The molecule has 2 rings (SSSR count). The maximum Gasteiger partial charge on any atom is 0.306 e. The van der Waals surface area contributed by atoms with E-state index in [0.29, 0.717) is 12.8 Å². The number of carboxylic acid groups (broad SMARTS) is 1. The van der Waals surface area contributed by atoms with Gasteiger partial charge in [0.25, 0.3) is 0 Å². The Bertz CT molecular complexity index is 962. The third kappa shape index (κ3) is 8.40. The van der Waals surface area contributed by atoms with Gasteiger partial charge in [-0.3, -0.25) is 9.59 Å². The van der Waals surface area contributed by atoms with Gasteiger partial charge in [-0.25, -0.2) is 4.98 Å². The Morgan fingerprint density at radius 1 is 1.32 bits per heavy atom. The van der Waals surface area contributed by atoms with Crippen molar-refractivity contribution >= 4 is 29.2 Å². The normalized spacial score (nSPS) is 24.3. The zero-order valence-corrected chi connectivity index (χ0v) is 23.8. The Balaban J connectivity index is 1.84. The van der Waals surface area contributed by atoms with E-state index < -0.39 is 35.9 Å². The van der Waals surface area contributed by atoms with Gasteiger partial charge in [0, 0.05) is 11.3 Å². The highest BCUT2D eigenvalue weighted by Gasteiger charge is 2.52. The lowest BCUT2D eigenvalue weighted by atomic mass is 9.73. The molecule has 7 atom stereocenters. The van der Waals surface area contributed by atoms with Gasteiger partial charge in [0.05, 0.1) is 52.5 Å². The zero-order valence-electron chi connectivity index (χ0n) is 23.0. The first kappa shape index (κ1) is 31.5. The second-order valence-electron chi connectivity index (χ2n) is 11.4. The SMILES string of the molecule is C/C(=C\c1csc(C)n1)[C@H](C[C@@H]1O[C@]1(C)CCC[C@H](C)[C@H](O)[C@@H](C)C(=O)C(C)(C)[C@@H](O)CC(=O)O)NO. The fourth-order valence-electron chi connectivity index (χ4n) is 4.91. The molecule has 0 bridgehead atoms. The summed E-state index contributed by atoms with van der Waals surface area (Å²) in [7, 11) is 0. The number of rotatable bonds is 16. The van der Waals surface area contributed by atoms with Crippen LogP contribution in [0.15, 0.2) is 11.0 Å². The number of carboxylic acids is 1. The molecular weight excluding hydrogens is 496 g/mol. The highest BCUT2D eigenvalue weighted by atomic mass is 32.1. The van der Waals surface area contributed by atoms with Crippen molar-refractivity contribution in [2.45, 2.75) is 111 Å². The quantitative estimate of drug-likeness (QED) is 0.155. The van der Waals surface area contributed by atoms with Gasteiger partial charge < -0.3 is 25.3 Å². The van der Waals surface area contributed by atoms with Crippen molar-refractivity contribution in [3.8, 4) is 0 Å². The Labute approximate surface area is 223 Å². The molecule has 37 heavy (non-hydrogen) atoms. The third-order valence-electron chi connectivity index (χ3n) is 7.88. The van der Waals surface area contributed by atoms with Gasteiger partial charge in [0.15, 0.2) is 0 Å². The van der Waals surface area contributed by atoms with Crippen LogP contribution in [0.1, 0.15) is 84.3 Å². The molecule has 1 saturated heterocycles. The first-order chi connectivity index (χ1) is 17.1. The highest BCUT2D eigenvalue weighted by molar-refractivity contribution is 7.09. The summed E-state index contributed by atoms with van der Waals surface area (Å²) in [6.07, 6.45) is 2.09. The van der Waals surface area contributed by atoms with Crippen molar-refractivity contribution in [2.24, 2.45) is 17.3 Å². The molecule has 5 N–H and O–H groups in total. The molecule has 9 nitrogen and oxygen atoms in total. The largest absolute Gasteiger partial charge is 0.481 e. The molecule has 0 spiro atoms. The summed E-state index contributed by atoms with van der Waals surface area (Å²) < 4.78 is 5.99. The average Bonchev–Trinajstić information content (AvgIpc) is 3.27. The Morgan fingerprint density at radius 3 is 2.51 bits per heavy atom. The van der Waals surface area contributed by atoms with Gasteiger partial charge in [0.1, 0.15) is 5.78 Å². The number of aliphatic hydroxyl groups excluding tert-OH is 2. The number of thiazole rings is 1. The van der Waals surface area contributed by atoms with Crippen LogP contribution in [0.4, 0.5) is 0 Å². The second-order valence-corrected chi connectivity index (χ2v) is 12.4. The summed E-state index contributed by atoms with van der Waals surface area (Å²) in [4.78, 5) is 28.3. The molecule has 1 aromatic rings. The molecule has 1 aliphatic heterocycles. The summed E-state index contributed by atoms with van der Waals surface area (Å²) in [5.41, 5.74) is 2.66. The predicted molar refractivity (Wildman–Crippen MR) is 142 cm³/mol. The van der Waals surface area contributed by atoms with Crippen LogP contribution in [0.3, 0.4) is 0 Å². The van der Waals surface area contributed by atoms with Crippen molar-refractivity contribution < 1.29 is 34.9 Å². The summed E-state index contributed by atoms with van der Waals surface area (Å²) in [5, 5.41) is 42.7. The lowest BCUT2D eigenvalue weighted by Crippen LogP contribution is -2.45. The number of aliphatic hydroxyl groups is 2. The van der Waals surface area contributed by atoms with Crippen LogP contribution in [-0.2, 0) is 14.3 Å². The van der Waals surface area contributed by atoms with Gasteiger partial charge in [-0.15, -0.1) is 11.3 Å². The van der Waals surface area contributed by atoms with Gasteiger partial charge in [-0.05, 0) is 52.0 Å². The number of Topliss-reactive ketones (excluding diaryl/α,β-unsaturated/α-hetero) is 1. The minimum Gasteiger partial charge on any atom is -0.481 e. The van der Waals surface area contributed by atoms with Crippen LogP contribution in [0.2, 0.25) is 0 Å². The fourth-order valence-corrected chi connectivity index (χ4v) is 5.48. The summed E-state index contributed by atoms with van der Waals surface area (Å²) in [5.74, 6) is -2.42. The van der Waals surface area contributed by atoms with Crippen LogP contribution in [-0.4, -0.2) is 67.2 Å². The van der Waals surface area contributed by atoms with Gasteiger partial charge in [0.2, 0.25) is 0 Å². The fraction of sp³-hybridized carbons (Fsp3) is 0.741. The van der Waals surface area contributed by atoms with Crippen molar-refractivity contribution in [3.63, 3.8) is 0 Å². The molecule has 0 amide bonds. The highest BCUT2D eigenvalue weighted by Crippen LogP contribution is 2.44. The van der Waals surface area contributed by atoms with Crippen molar-refractivity contribution in [1.82, 2.24) is 10.5 Å². The van der Waals surface area contributed by atoms with Crippen LogP contribution < -0.4 is 5.48 Å². The minimum atomic E-state index is -1.33. The van der Waals surface area contributed by atoms with Crippen molar-refractivity contribution in [2.75, 3.05) is 0 Å². The molecule has 1 aromatic heterocycles. The van der Waals surface area contributed by atoms with E-state index in [1.807, 2.05) is 32.2 Å². The van der Waals surface area contributed by atoms with E-state index in [1.165, 1.54) is 13.8 Å². The first-order valence-electron chi connectivity index (χ1n) is 12.9. The number of aliphatic carboxylic acids is 1. The monoisotopic (exact) mass is 540 g/mol. The number of hydrogen-bond acceptors (Lipinski definition) is 9. The molecule has 0 aliphatic carbocycles. The zero-order chi connectivity index (χ0) is 28.1. The van der Waals surface area contributed by atoms with E-state index in [0.717, 1.165) is 29.1 Å². The minimum absolute atomic E-state index is 0.00470. The number of aromatic nitrogens is 1. The number of ketones is 1. The van der Waals surface area contributed by atoms with Crippen LogP contribution in [0.25, 0.3) is 6.08 Å². The van der Waals surface area contributed by atoms with Crippen LogP contribution in [0, 0.1) is 24.2 Å². The van der Waals surface area contributed by atoms with E-state index in [9.17, 15) is 25.0 Å². The third-order valence-corrected chi connectivity index (χ3v) is 8.67. The molecular formula is C27H44N2O7S. The van der Waals surface area contributed by atoms with E-state index in [4.69, 9.17) is 9.84 Å². The molecule has 1 fully saturated rings. The van der Waals surface area contributed by atoms with E-state index in [-0.39, 0.29) is 29.4 Å². The van der Waals surface area contributed by atoms with Crippen LogP contribution in [0.5, 0.6) is 0 Å². The number of aryl methyl sites for hydroxylation is 1. The van der Waals surface area contributed by atoms with E-state index >= 15 is 0 Å². The molecule has 10 heteroatoms. The van der Waals surface area contributed by atoms with Crippen molar-refractivity contribution in [3.05, 3.63) is 21.7 Å². The number of epoxide rings is 1. The summed E-state index contributed by atoms with van der Waals surface area (Å²) in [6.45, 7) is 12.5. The molecule has 1 aliphatic rings. The molecule has 0 saturated carbocycles. The maximum atomic E-state index is 13.0. The summed E-state index contributed by atoms with van der Waals surface area (Å²) in [6, 6.07) is -0.249. The van der Waals surface area contributed by atoms with Gasteiger partial charge >= 0.3 is 5.97 Å². The number of carbonyl (C=O) groups excluding carboxylic acids is 1. The van der Waals surface area contributed by atoms with E-state index in [2.05, 4.69) is 17.4 Å². The maximum absolute atomic E-state index is 13.0. The average molecular weight is 541 g/mol. The number of ether oxygens (including phenoxy) is 1. The Morgan fingerprint density at radius 2 is 1.97 bits per heavy atom. The first-order valence-corrected chi connectivity index (χ1v) is 13.8. The topological polar surface area (TPSA) is 153 Å².